The van der Waals surface area contributed by atoms with E-state index in [2.05, 4.69) is 39.3 Å². The van der Waals surface area contributed by atoms with Crippen LogP contribution in [0.25, 0.3) is 0 Å². The SMILES string of the molecule is COc1ccc(C(N)CC2CN(C)CCN2)cc1Br. The molecule has 2 unspecified atom stereocenters. The Balaban J connectivity index is 1.99. The van der Waals surface area contributed by atoms with E-state index in [0.29, 0.717) is 6.04 Å². The van der Waals surface area contributed by atoms with Crippen LogP contribution in [0.1, 0.15) is 18.0 Å². The molecule has 1 aliphatic heterocycles. The van der Waals surface area contributed by atoms with Crippen molar-refractivity contribution < 1.29 is 4.74 Å². The molecule has 1 aromatic rings. The van der Waals surface area contributed by atoms with Gasteiger partial charge in [-0.05, 0) is 47.1 Å². The number of hydrogen-bond acceptors (Lipinski definition) is 4. The molecule has 3 N–H and O–H groups in total. The smallest absolute Gasteiger partial charge is 0.133 e. The number of nitrogens with two attached hydrogens (primary N) is 1. The number of ether oxygens (including phenoxy) is 1. The Morgan fingerprint density at radius 1 is 1.58 bits per heavy atom. The molecule has 19 heavy (non-hydrogen) atoms. The first-order valence-electron chi connectivity index (χ1n) is 6.61. The van der Waals surface area contributed by atoms with E-state index in [4.69, 9.17) is 10.5 Å². The summed E-state index contributed by atoms with van der Waals surface area (Å²) in [6, 6.07) is 6.57. The standard InChI is InChI=1S/C14H22BrN3O/c1-18-6-5-17-11(9-18)8-13(16)10-3-4-14(19-2)12(15)7-10/h3-4,7,11,13,17H,5-6,8-9,16H2,1-2H3. The zero-order valence-electron chi connectivity index (χ0n) is 11.5. The lowest BCUT2D eigenvalue weighted by molar-refractivity contribution is 0.225. The van der Waals surface area contributed by atoms with Gasteiger partial charge in [0.25, 0.3) is 0 Å². The summed E-state index contributed by atoms with van der Waals surface area (Å²) < 4.78 is 6.19. The summed E-state index contributed by atoms with van der Waals surface area (Å²) in [5.41, 5.74) is 7.45. The highest BCUT2D eigenvalue weighted by Crippen LogP contribution is 2.28. The van der Waals surface area contributed by atoms with Crippen LogP contribution in [0.2, 0.25) is 0 Å². The largest absolute Gasteiger partial charge is 0.496 e. The zero-order chi connectivity index (χ0) is 13.8. The van der Waals surface area contributed by atoms with Gasteiger partial charge in [0.05, 0.1) is 11.6 Å². The molecule has 4 nitrogen and oxygen atoms in total. The molecule has 1 heterocycles. The lowest BCUT2D eigenvalue weighted by atomic mass is 9.99. The third-order valence-electron chi connectivity index (χ3n) is 3.60. The molecular formula is C14H22BrN3O. The topological polar surface area (TPSA) is 50.5 Å². The van der Waals surface area contributed by atoms with E-state index < -0.39 is 0 Å². The monoisotopic (exact) mass is 327 g/mol. The molecule has 2 rings (SSSR count). The van der Waals surface area contributed by atoms with Gasteiger partial charge in [-0.2, -0.15) is 0 Å². The Labute approximate surface area is 123 Å². The van der Waals surface area contributed by atoms with Gasteiger partial charge in [0.2, 0.25) is 0 Å². The van der Waals surface area contributed by atoms with Gasteiger partial charge in [-0.3, -0.25) is 0 Å². The van der Waals surface area contributed by atoms with Crippen molar-refractivity contribution in [2.45, 2.75) is 18.5 Å². The minimum atomic E-state index is 0.0474. The lowest BCUT2D eigenvalue weighted by Gasteiger charge is -2.32. The van der Waals surface area contributed by atoms with Crippen molar-refractivity contribution in [3.8, 4) is 5.75 Å². The van der Waals surface area contributed by atoms with Gasteiger partial charge in [-0.1, -0.05) is 6.07 Å². The Kier molecular flexibility index (Phi) is 5.21. The molecule has 1 saturated heterocycles. The van der Waals surface area contributed by atoms with Crippen molar-refractivity contribution in [1.29, 1.82) is 0 Å². The average molecular weight is 328 g/mol. The Morgan fingerprint density at radius 3 is 3.00 bits per heavy atom. The molecule has 2 atom stereocenters. The van der Waals surface area contributed by atoms with Gasteiger partial charge < -0.3 is 20.7 Å². The first-order valence-corrected chi connectivity index (χ1v) is 7.40. The molecular weight excluding hydrogens is 306 g/mol. The molecule has 0 spiro atoms. The normalized spacial score (nSPS) is 22.2. The molecule has 106 valence electrons. The summed E-state index contributed by atoms with van der Waals surface area (Å²) in [5, 5.41) is 3.53. The van der Waals surface area contributed by atoms with Crippen LogP contribution in [-0.2, 0) is 0 Å². The maximum absolute atomic E-state index is 6.31. The van der Waals surface area contributed by atoms with E-state index in [9.17, 15) is 0 Å². The molecule has 1 aliphatic rings. The molecule has 0 aromatic heterocycles. The number of methoxy groups -OCH3 is 1. The summed E-state index contributed by atoms with van der Waals surface area (Å²) in [6.45, 7) is 3.21. The van der Waals surface area contributed by atoms with Gasteiger partial charge in [-0.15, -0.1) is 0 Å². The van der Waals surface area contributed by atoms with Crippen LogP contribution in [0.3, 0.4) is 0 Å². The summed E-state index contributed by atoms with van der Waals surface area (Å²) in [4.78, 5) is 2.35. The van der Waals surface area contributed by atoms with Crippen LogP contribution < -0.4 is 15.8 Å². The fourth-order valence-electron chi connectivity index (χ4n) is 2.51. The third-order valence-corrected chi connectivity index (χ3v) is 4.22. The van der Waals surface area contributed by atoms with E-state index in [1.165, 1.54) is 0 Å². The third kappa shape index (κ3) is 3.92. The number of halogens is 1. The fourth-order valence-corrected chi connectivity index (χ4v) is 3.06. The summed E-state index contributed by atoms with van der Waals surface area (Å²) in [6.07, 6.45) is 0.948. The first-order chi connectivity index (χ1) is 9.10. The zero-order valence-corrected chi connectivity index (χ0v) is 13.1. The van der Waals surface area contributed by atoms with Crippen LogP contribution in [-0.4, -0.2) is 44.7 Å². The van der Waals surface area contributed by atoms with Crippen molar-refractivity contribution in [3.05, 3.63) is 28.2 Å². The quantitative estimate of drug-likeness (QED) is 0.884. The number of piperazine rings is 1. The highest BCUT2D eigenvalue weighted by atomic mass is 79.9. The molecule has 1 fully saturated rings. The average Bonchev–Trinajstić information content (AvgIpc) is 2.38. The number of benzene rings is 1. The van der Waals surface area contributed by atoms with E-state index in [1.807, 2.05) is 12.1 Å². The summed E-state index contributed by atoms with van der Waals surface area (Å²) in [7, 11) is 3.82. The number of nitrogens with one attached hydrogen (secondary N) is 1. The molecule has 0 saturated carbocycles. The predicted molar refractivity (Wildman–Crippen MR) is 81.5 cm³/mol. The van der Waals surface area contributed by atoms with Crippen LogP contribution in [0, 0.1) is 0 Å². The molecule has 5 heteroatoms. The Morgan fingerprint density at radius 2 is 2.37 bits per heavy atom. The van der Waals surface area contributed by atoms with E-state index >= 15 is 0 Å². The van der Waals surface area contributed by atoms with Crippen molar-refractivity contribution in [3.63, 3.8) is 0 Å². The lowest BCUT2D eigenvalue weighted by Crippen LogP contribution is -2.49. The van der Waals surface area contributed by atoms with E-state index in [1.54, 1.807) is 7.11 Å². The Bertz CT molecular complexity index is 427. The number of hydrogen-bond donors (Lipinski definition) is 2. The fraction of sp³-hybridized carbons (Fsp3) is 0.571. The van der Waals surface area contributed by atoms with Crippen LogP contribution in [0.4, 0.5) is 0 Å². The number of rotatable bonds is 4. The minimum absolute atomic E-state index is 0.0474. The van der Waals surface area contributed by atoms with Gasteiger partial charge in [0.15, 0.2) is 0 Å². The van der Waals surface area contributed by atoms with Crippen molar-refractivity contribution >= 4 is 15.9 Å². The molecule has 0 aliphatic carbocycles. The van der Waals surface area contributed by atoms with Crippen molar-refractivity contribution in [2.75, 3.05) is 33.8 Å². The predicted octanol–water partition coefficient (Wildman–Crippen LogP) is 1.75. The van der Waals surface area contributed by atoms with Gasteiger partial charge in [0, 0.05) is 31.7 Å². The second-order valence-corrected chi connectivity index (χ2v) is 6.00. The summed E-state index contributed by atoms with van der Waals surface area (Å²) in [5.74, 6) is 0.839. The van der Waals surface area contributed by atoms with Crippen LogP contribution in [0.15, 0.2) is 22.7 Å². The molecule has 1 aromatic carbocycles. The van der Waals surface area contributed by atoms with Crippen LogP contribution >= 0.6 is 15.9 Å². The highest BCUT2D eigenvalue weighted by Gasteiger charge is 2.20. The van der Waals surface area contributed by atoms with E-state index in [-0.39, 0.29) is 6.04 Å². The van der Waals surface area contributed by atoms with Crippen molar-refractivity contribution in [1.82, 2.24) is 10.2 Å². The van der Waals surface area contributed by atoms with Gasteiger partial charge in [-0.25, -0.2) is 0 Å². The van der Waals surface area contributed by atoms with Crippen LogP contribution in [0.5, 0.6) is 5.75 Å². The molecule has 0 amide bonds. The number of nitrogens with zero attached hydrogens (tertiary/aromatic N) is 1. The Hall–Kier alpha value is -0.620. The minimum Gasteiger partial charge on any atom is -0.496 e. The second-order valence-electron chi connectivity index (χ2n) is 5.15. The maximum Gasteiger partial charge on any atom is 0.133 e. The summed E-state index contributed by atoms with van der Waals surface area (Å²) >= 11 is 3.51. The molecule has 0 bridgehead atoms. The molecule has 0 radical (unpaired) electrons. The number of likely N-dealkylation sites (N-methyl/N-ethyl adjacent to an activating group) is 1. The van der Waals surface area contributed by atoms with Crippen molar-refractivity contribution in [2.24, 2.45) is 5.73 Å². The maximum atomic E-state index is 6.31. The first kappa shape index (κ1) is 14.8. The highest BCUT2D eigenvalue weighted by molar-refractivity contribution is 9.10. The van der Waals surface area contributed by atoms with E-state index in [0.717, 1.165) is 41.8 Å². The van der Waals surface area contributed by atoms with Gasteiger partial charge >= 0.3 is 0 Å². The second kappa shape index (κ2) is 6.70. The van der Waals surface area contributed by atoms with Gasteiger partial charge in [0.1, 0.15) is 5.75 Å².